The maximum Gasteiger partial charge on any atom is 0.395 e. The van der Waals surface area contributed by atoms with Crippen LogP contribution < -0.4 is 15.6 Å². The summed E-state index contributed by atoms with van der Waals surface area (Å²) in [4.78, 5) is 39.0. The number of amides is 1. The molecule has 0 radical (unpaired) electrons. The number of nitro groups is 1. The first kappa shape index (κ1) is 15.7. The molecular formula is C15H14N4O5. The second-order valence-corrected chi connectivity index (χ2v) is 5.32. The molecule has 1 aliphatic carbocycles. The lowest BCUT2D eigenvalue weighted by Gasteiger charge is -2.08. The predicted molar refractivity (Wildman–Crippen MR) is 84.1 cm³/mol. The average Bonchev–Trinajstić information content (AvgIpc) is 3.00. The molecule has 0 aliphatic heterocycles. The molecule has 2 N–H and O–H groups in total. The lowest BCUT2D eigenvalue weighted by Crippen LogP contribution is -2.22. The molecule has 124 valence electrons. The Morgan fingerprint density at radius 3 is 2.96 bits per heavy atom. The van der Waals surface area contributed by atoms with E-state index < -0.39 is 34.6 Å². The largest absolute Gasteiger partial charge is 0.462 e. The van der Waals surface area contributed by atoms with E-state index in [0.29, 0.717) is 5.69 Å². The first-order valence-electron chi connectivity index (χ1n) is 7.31. The van der Waals surface area contributed by atoms with Crippen molar-refractivity contribution in [3.8, 4) is 5.88 Å². The van der Waals surface area contributed by atoms with E-state index in [1.807, 2.05) is 12.1 Å². The highest BCUT2D eigenvalue weighted by atomic mass is 16.6. The minimum atomic E-state index is -0.941. The fourth-order valence-electron chi connectivity index (χ4n) is 2.62. The van der Waals surface area contributed by atoms with Gasteiger partial charge < -0.3 is 15.0 Å². The van der Waals surface area contributed by atoms with Gasteiger partial charge in [-0.05, 0) is 42.5 Å². The second-order valence-electron chi connectivity index (χ2n) is 5.32. The van der Waals surface area contributed by atoms with Gasteiger partial charge in [-0.2, -0.15) is 4.98 Å². The standard InChI is InChI=1S/C15H14N4O5/c20-12(18-11-5-4-9-2-1-3-10(9)6-11)7-24-15-13(19(22)23)14(21)16-8-17-15/h4-6,8H,1-3,7H2,(H,18,20)(H,16,17,21). The van der Waals surface area contributed by atoms with E-state index in [1.54, 1.807) is 6.07 Å². The zero-order chi connectivity index (χ0) is 17.1. The fourth-order valence-corrected chi connectivity index (χ4v) is 2.62. The van der Waals surface area contributed by atoms with Gasteiger partial charge >= 0.3 is 17.1 Å². The Bertz CT molecular complexity index is 861. The number of carbonyl (C=O) groups is 1. The SMILES string of the molecule is O=C(COc1nc[nH]c(=O)c1[N+](=O)[O-])Nc1ccc2c(c1)CCC2. The molecule has 0 atom stereocenters. The number of carbonyl (C=O) groups excluding carboxylic acids is 1. The normalized spacial score (nSPS) is 12.5. The number of H-pyrrole nitrogens is 1. The summed E-state index contributed by atoms with van der Waals surface area (Å²) in [5, 5.41) is 13.5. The number of nitrogens with one attached hydrogen (secondary N) is 2. The van der Waals surface area contributed by atoms with Crippen LogP contribution in [0.5, 0.6) is 5.88 Å². The molecule has 0 bridgehead atoms. The summed E-state index contributed by atoms with van der Waals surface area (Å²) in [7, 11) is 0. The minimum absolute atomic E-state index is 0.492. The van der Waals surface area contributed by atoms with Crippen molar-refractivity contribution in [2.75, 3.05) is 11.9 Å². The van der Waals surface area contributed by atoms with Gasteiger partial charge in [0.2, 0.25) is 0 Å². The van der Waals surface area contributed by atoms with Crippen LogP contribution in [-0.4, -0.2) is 27.4 Å². The summed E-state index contributed by atoms with van der Waals surface area (Å²) in [6.45, 7) is -0.492. The quantitative estimate of drug-likeness (QED) is 0.626. The number of benzene rings is 1. The van der Waals surface area contributed by atoms with Crippen LogP contribution in [0, 0.1) is 10.1 Å². The third-order valence-electron chi connectivity index (χ3n) is 3.70. The van der Waals surface area contributed by atoms with Crippen LogP contribution in [0.1, 0.15) is 17.5 Å². The van der Waals surface area contributed by atoms with E-state index in [2.05, 4.69) is 15.3 Å². The van der Waals surface area contributed by atoms with Crippen molar-refractivity contribution in [1.82, 2.24) is 9.97 Å². The Labute approximate surface area is 135 Å². The van der Waals surface area contributed by atoms with Gasteiger partial charge in [0.1, 0.15) is 0 Å². The van der Waals surface area contributed by atoms with E-state index in [9.17, 15) is 19.7 Å². The molecule has 2 aromatic rings. The summed E-state index contributed by atoms with van der Waals surface area (Å²) >= 11 is 0. The number of aromatic nitrogens is 2. The molecule has 0 fully saturated rings. The van der Waals surface area contributed by atoms with Gasteiger partial charge in [-0.15, -0.1) is 0 Å². The summed E-state index contributed by atoms with van der Waals surface area (Å²) < 4.78 is 5.02. The molecule has 0 spiro atoms. The van der Waals surface area contributed by atoms with Gasteiger partial charge in [0.25, 0.3) is 5.91 Å². The molecule has 3 rings (SSSR count). The number of rotatable bonds is 5. The molecule has 9 nitrogen and oxygen atoms in total. The van der Waals surface area contributed by atoms with Gasteiger partial charge in [0.05, 0.1) is 11.3 Å². The van der Waals surface area contributed by atoms with Crippen molar-refractivity contribution in [1.29, 1.82) is 0 Å². The first-order valence-corrected chi connectivity index (χ1v) is 7.31. The van der Waals surface area contributed by atoms with Crippen LogP contribution in [0.4, 0.5) is 11.4 Å². The number of ether oxygens (including phenoxy) is 1. The van der Waals surface area contributed by atoms with E-state index in [-0.39, 0.29) is 0 Å². The van der Waals surface area contributed by atoms with Crippen LogP contribution in [0.3, 0.4) is 0 Å². The van der Waals surface area contributed by atoms with Crippen molar-refractivity contribution >= 4 is 17.3 Å². The van der Waals surface area contributed by atoms with Crippen molar-refractivity contribution in [2.45, 2.75) is 19.3 Å². The third-order valence-corrected chi connectivity index (χ3v) is 3.70. The van der Waals surface area contributed by atoms with Gasteiger partial charge in [0, 0.05) is 5.69 Å². The highest BCUT2D eigenvalue weighted by Crippen LogP contribution is 2.25. The van der Waals surface area contributed by atoms with Gasteiger partial charge in [-0.1, -0.05) is 6.07 Å². The number of aromatic amines is 1. The van der Waals surface area contributed by atoms with Gasteiger partial charge in [-0.3, -0.25) is 19.7 Å². The summed E-state index contributed by atoms with van der Waals surface area (Å²) in [5.74, 6) is -0.989. The van der Waals surface area contributed by atoms with Crippen LogP contribution in [0.2, 0.25) is 0 Å². The number of fused-ring (bicyclic) bond motifs is 1. The highest BCUT2D eigenvalue weighted by molar-refractivity contribution is 5.92. The number of hydrogen-bond donors (Lipinski definition) is 2. The van der Waals surface area contributed by atoms with Crippen molar-refractivity contribution in [3.63, 3.8) is 0 Å². The smallest absolute Gasteiger partial charge is 0.395 e. The highest BCUT2D eigenvalue weighted by Gasteiger charge is 2.23. The maximum absolute atomic E-state index is 11.9. The first-order chi connectivity index (χ1) is 11.5. The molecule has 9 heteroatoms. The van der Waals surface area contributed by atoms with E-state index in [0.717, 1.165) is 25.6 Å². The molecule has 0 saturated heterocycles. The molecule has 24 heavy (non-hydrogen) atoms. The molecular weight excluding hydrogens is 316 g/mol. The summed E-state index contributed by atoms with van der Waals surface area (Å²) in [6.07, 6.45) is 4.11. The van der Waals surface area contributed by atoms with Crippen molar-refractivity contribution < 1.29 is 14.5 Å². The van der Waals surface area contributed by atoms with Crippen molar-refractivity contribution in [3.05, 3.63) is 56.1 Å². The number of nitrogens with zero attached hydrogens (tertiary/aromatic N) is 2. The topological polar surface area (TPSA) is 127 Å². The van der Waals surface area contributed by atoms with Gasteiger partial charge in [-0.25, -0.2) is 0 Å². The fraction of sp³-hybridized carbons (Fsp3) is 0.267. The molecule has 1 aliphatic rings. The Hall–Kier alpha value is -3.23. The minimum Gasteiger partial charge on any atom is -0.462 e. The van der Waals surface area contributed by atoms with Crippen LogP contribution in [-0.2, 0) is 17.6 Å². The van der Waals surface area contributed by atoms with E-state index in [4.69, 9.17) is 4.74 Å². The number of aryl methyl sites for hydroxylation is 2. The van der Waals surface area contributed by atoms with Crippen LogP contribution >= 0.6 is 0 Å². The Morgan fingerprint density at radius 1 is 1.38 bits per heavy atom. The summed E-state index contributed by atoms with van der Waals surface area (Å²) in [6, 6.07) is 5.69. The molecule has 1 aromatic heterocycles. The lowest BCUT2D eigenvalue weighted by molar-refractivity contribution is -0.387. The van der Waals surface area contributed by atoms with E-state index >= 15 is 0 Å². The average molecular weight is 330 g/mol. The van der Waals surface area contributed by atoms with E-state index in [1.165, 1.54) is 11.1 Å². The zero-order valence-electron chi connectivity index (χ0n) is 12.6. The number of hydrogen-bond acceptors (Lipinski definition) is 6. The monoisotopic (exact) mass is 330 g/mol. The van der Waals surface area contributed by atoms with Crippen LogP contribution in [0.15, 0.2) is 29.3 Å². The molecule has 0 unspecified atom stereocenters. The lowest BCUT2D eigenvalue weighted by atomic mass is 10.1. The summed E-state index contributed by atoms with van der Waals surface area (Å²) in [5.41, 5.74) is 1.36. The van der Waals surface area contributed by atoms with Crippen molar-refractivity contribution in [2.24, 2.45) is 0 Å². The molecule has 1 amide bonds. The number of anilines is 1. The molecule has 0 saturated carbocycles. The Morgan fingerprint density at radius 2 is 2.17 bits per heavy atom. The van der Waals surface area contributed by atoms with Gasteiger partial charge in [0.15, 0.2) is 6.61 Å². The molecule has 1 aromatic carbocycles. The van der Waals surface area contributed by atoms with Crippen LogP contribution in [0.25, 0.3) is 0 Å². The Balaban J connectivity index is 1.65. The Kier molecular flexibility index (Phi) is 4.23. The second kappa shape index (κ2) is 6.49. The maximum atomic E-state index is 11.9. The zero-order valence-corrected chi connectivity index (χ0v) is 12.6. The third kappa shape index (κ3) is 3.24. The molecule has 1 heterocycles. The predicted octanol–water partition coefficient (Wildman–Crippen LogP) is 1.18.